The first-order valence-corrected chi connectivity index (χ1v) is 12.8. The SMILES string of the molecule is O=C(C[C@@H](c1cccc(C(F)(F)F)c1)c1c[nH]c2ccccc12)N1CCN(C/C=C/c2ccccc2)CC1. The molecule has 1 aliphatic heterocycles. The molecule has 38 heavy (non-hydrogen) atoms. The van der Waals surface area contributed by atoms with Gasteiger partial charge in [0.1, 0.15) is 0 Å². The minimum Gasteiger partial charge on any atom is -0.361 e. The fourth-order valence-corrected chi connectivity index (χ4v) is 5.11. The molecule has 0 unspecified atom stereocenters. The Morgan fingerprint density at radius 1 is 0.921 bits per heavy atom. The molecule has 196 valence electrons. The lowest BCUT2D eigenvalue weighted by atomic mass is 9.87. The molecule has 7 heteroatoms. The normalized spacial score (nSPS) is 15.8. The van der Waals surface area contributed by atoms with Crippen molar-refractivity contribution in [2.75, 3.05) is 32.7 Å². The van der Waals surface area contributed by atoms with E-state index >= 15 is 0 Å². The van der Waals surface area contributed by atoms with E-state index in [1.54, 1.807) is 6.07 Å². The number of hydrogen-bond acceptors (Lipinski definition) is 2. The summed E-state index contributed by atoms with van der Waals surface area (Å²) >= 11 is 0. The molecule has 4 nitrogen and oxygen atoms in total. The standard InChI is InChI=1S/C31H30F3N3O/c32-31(33,34)25-12-6-11-24(20-25)27(28-22-35-29-14-5-4-13-26(28)29)21-30(38)37-18-16-36(17-19-37)15-7-10-23-8-2-1-3-9-23/h1-14,20,22,27,35H,15-19,21H2/b10-7+/t27-/m0/s1. The summed E-state index contributed by atoms with van der Waals surface area (Å²) in [4.78, 5) is 20.8. The summed E-state index contributed by atoms with van der Waals surface area (Å²) in [5.74, 6) is -0.537. The Morgan fingerprint density at radius 3 is 2.42 bits per heavy atom. The molecule has 1 aliphatic rings. The van der Waals surface area contributed by atoms with Crippen LogP contribution >= 0.6 is 0 Å². The molecular weight excluding hydrogens is 487 g/mol. The number of hydrogen-bond donors (Lipinski definition) is 1. The van der Waals surface area contributed by atoms with E-state index in [1.165, 1.54) is 12.1 Å². The van der Waals surface area contributed by atoms with Crippen molar-refractivity contribution in [2.45, 2.75) is 18.5 Å². The second-order valence-corrected chi connectivity index (χ2v) is 9.66. The molecule has 1 atom stereocenters. The van der Waals surface area contributed by atoms with Crippen molar-refractivity contribution in [3.8, 4) is 0 Å². The Hall–Kier alpha value is -3.84. The van der Waals surface area contributed by atoms with Crippen LogP contribution in [-0.2, 0) is 11.0 Å². The predicted octanol–water partition coefficient (Wildman–Crippen LogP) is 6.57. The van der Waals surface area contributed by atoms with E-state index in [0.29, 0.717) is 18.7 Å². The van der Waals surface area contributed by atoms with Gasteiger partial charge in [-0.2, -0.15) is 13.2 Å². The molecule has 0 aliphatic carbocycles. The largest absolute Gasteiger partial charge is 0.416 e. The Balaban J connectivity index is 1.30. The number of H-pyrrole nitrogens is 1. The van der Waals surface area contributed by atoms with Gasteiger partial charge in [-0.15, -0.1) is 0 Å². The van der Waals surface area contributed by atoms with Crippen LogP contribution < -0.4 is 0 Å². The van der Waals surface area contributed by atoms with Gasteiger partial charge in [0.25, 0.3) is 0 Å². The zero-order chi connectivity index (χ0) is 26.5. The van der Waals surface area contributed by atoms with Crippen molar-refractivity contribution in [2.24, 2.45) is 0 Å². The third kappa shape index (κ3) is 6.00. The lowest BCUT2D eigenvalue weighted by Gasteiger charge is -2.35. The van der Waals surface area contributed by atoms with Gasteiger partial charge in [-0.1, -0.05) is 78.9 Å². The number of alkyl halides is 3. The average molecular weight is 518 g/mol. The fraction of sp³-hybridized carbons (Fsp3) is 0.258. The van der Waals surface area contributed by atoms with Crippen molar-refractivity contribution in [1.29, 1.82) is 0 Å². The molecule has 4 aromatic rings. The number of aromatic nitrogens is 1. The highest BCUT2D eigenvalue weighted by molar-refractivity contribution is 5.86. The summed E-state index contributed by atoms with van der Waals surface area (Å²) in [7, 11) is 0. The number of halogens is 3. The molecule has 0 spiro atoms. The number of carbonyl (C=O) groups excluding carboxylic acids is 1. The van der Waals surface area contributed by atoms with Gasteiger partial charge in [0.2, 0.25) is 5.91 Å². The fourth-order valence-electron chi connectivity index (χ4n) is 5.11. The van der Waals surface area contributed by atoms with Gasteiger partial charge in [-0.05, 0) is 28.8 Å². The van der Waals surface area contributed by atoms with Crippen LogP contribution in [0.5, 0.6) is 0 Å². The molecule has 5 rings (SSSR count). The summed E-state index contributed by atoms with van der Waals surface area (Å²) in [5.41, 5.74) is 2.66. The first-order chi connectivity index (χ1) is 18.4. The van der Waals surface area contributed by atoms with E-state index < -0.39 is 17.7 Å². The summed E-state index contributed by atoms with van der Waals surface area (Å²) in [6, 6.07) is 23.1. The van der Waals surface area contributed by atoms with Crippen molar-refractivity contribution < 1.29 is 18.0 Å². The summed E-state index contributed by atoms with van der Waals surface area (Å²) < 4.78 is 40.5. The number of rotatable bonds is 7. The van der Waals surface area contributed by atoms with Crippen molar-refractivity contribution in [3.05, 3.63) is 113 Å². The molecule has 2 heterocycles. The van der Waals surface area contributed by atoms with Gasteiger partial charge in [0, 0.05) is 62.2 Å². The second kappa shape index (κ2) is 11.3. The number of aromatic amines is 1. The second-order valence-electron chi connectivity index (χ2n) is 9.66. The quantitative estimate of drug-likeness (QED) is 0.301. The van der Waals surface area contributed by atoms with Crippen LogP contribution in [0.1, 0.15) is 34.6 Å². The summed E-state index contributed by atoms with van der Waals surface area (Å²) in [6.45, 7) is 3.51. The Bertz CT molecular complexity index is 1400. The van der Waals surface area contributed by atoms with Gasteiger partial charge < -0.3 is 9.88 Å². The maximum atomic E-state index is 13.5. The molecule has 1 amide bonds. The van der Waals surface area contributed by atoms with Crippen molar-refractivity contribution >= 4 is 22.9 Å². The molecule has 1 aromatic heterocycles. The number of piperazine rings is 1. The highest BCUT2D eigenvalue weighted by Gasteiger charge is 2.32. The van der Waals surface area contributed by atoms with Crippen LogP contribution in [0.2, 0.25) is 0 Å². The minimum absolute atomic E-state index is 0.0443. The van der Waals surface area contributed by atoms with E-state index in [1.807, 2.05) is 53.6 Å². The minimum atomic E-state index is -4.45. The maximum absolute atomic E-state index is 13.5. The zero-order valence-corrected chi connectivity index (χ0v) is 21.0. The number of benzene rings is 3. The number of nitrogens with zero attached hydrogens (tertiary/aromatic N) is 2. The monoisotopic (exact) mass is 517 g/mol. The molecule has 1 fully saturated rings. The third-order valence-corrected chi connectivity index (χ3v) is 7.19. The number of fused-ring (bicyclic) bond motifs is 1. The molecule has 1 saturated heterocycles. The first kappa shape index (κ1) is 25.8. The van der Waals surface area contributed by atoms with Crippen LogP contribution in [-0.4, -0.2) is 53.4 Å². The van der Waals surface area contributed by atoms with Crippen LogP contribution in [0.4, 0.5) is 13.2 Å². The van der Waals surface area contributed by atoms with E-state index in [-0.39, 0.29) is 12.3 Å². The molecule has 0 bridgehead atoms. The van der Waals surface area contributed by atoms with E-state index in [4.69, 9.17) is 0 Å². The van der Waals surface area contributed by atoms with Crippen molar-refractivity contribution in [1.82, 2.24) is 14.8 Å². The molecular formula is C31H30F3N3O. The number of carbonyl (C=O) groups is 1. The molecule has 0 saturated carbocycles. The number of amides is 1. The highest BCUT2D eigenvalue weighted by Crippen LogP contribution is 2.37. The third-order valence-electron chi connectivity index (χ3n) is 7.19. The molecule has 0 radical (unpaired) electrons. The lowest BCUT2D eigenvalue weighted by Crippen LogP contribution is -2.48. The lowest BCUT2D eigenvalue weighted by molar-refractivity contribution is -0.137. The van der Waals surface area contributed by atoms with Crippen LogP contribution in [0.15, 0.2) is 91.1 Å². The van der Waals surface area contributed by atoms with Gasteiger partial charge in [-0.3, -0.25) is 9.69 Å². The maximum Gasteiger partial charge on any atom is 0.416 e. The van der Waals surface area contributed by atoms with Crippen molar-refractivity contribution in [3.63, 3.8) is 0 Å². The summed E-state index contributed by atoms with van der Waals surface area (Å²) in [6.07, 6.45) is 1.71. The Labute approximate surface area is 220 Å². The summed E-state index contributed by atoms with van der Waals surface area (Å²) in [5, 5.41) is 0.915. The van der Waals surface area contributed by atoms with E-state index in [0.717, 1.165) is 47.7 Å². The van der Waals surface area contributed by atoms with Crippen LogP contribution in [0, 0.1) is 0 Å². The topological polar surface area (TPSA) is 39.3 Å². The van der Waals surface area contributed by atoms with Gasteiger partial charge in [0.15, 0.2) is 0 Å². The Kier molecular flexibility index (Phi) is 7.65. The first-order valence-electron chi connectivity index (χ1n) is 12.8. The van der Waals surface area contributed by atoms with Gasteiger partial charge >= 0.3 is 6.18 Å². The van der Waals surface area contributed by atoms with Crippen LogP contribution in [0.3, 0.4) is 0 Å². The molecule has 3 aromatic carbocycles. The Morgan fingerprint density at radius 2 is 1.66 bits per heavy atom. The highest BCUT2D eigenvalue weighted by atomic mass is 19.4. The average Bonchev–Trinajstić information content (AvgIpc) is 3.36. The molecule has 1 N–H and O–H groups in total. The van der Waals surface area contributed by atoms with Gasteiger partial charge in [0.05, 0.1) is 5.56 Å². The predicted molar refractivity (Wildman–Crippen MR) is 145 cm³/mol. The number of para-hydroxylation sites is 1. The van der Waals surface area contributed by atoms with Gasteiger partial charge in [-0.25, -0.2) is 0 Å². The van der Waals surface area contributed by atoms with E-state index in [2.05, 4.69) is 34.2 Å². The smallest absolute Gasteiger partial charge is 0.361 e. The zero-order valence-electron chi connectivity index (χ0n) is 21.0. The number of nitrogens with one attached hydrogen (secondary N) is 1. The van der Waals surface area contributed by atoms with Crippen LogP contribution in [0.25, 0.3) is 17.0 Å². The van der Waals surface area contributed by atoms with E-state index in [9.17, 15) is 18.0 Å².